The van der Waals surface area contributed by atoms with Crippen LogP contribution in [0.25, 0.3) is 5.69 Å². The Morgan fingerprint density at radius 1 is 1.12 bits per heavy atom. The first kappa shape index (κ1) is 16.2. The molecular weight excluding hydrogens is 300 g/mol. The van der Waals surface area contributed by atoms with Gasteiger partial charge in [0.15, 0.2) is 0 Å². The van der Waals surface area contributed by atoms with Gasteiger partial charge in [-0.15, -0.1) is 5.10 Å². The summed E-state index contributed by atoms with van der Waals surface area (Å²) in [5, 5.41) is 21.5. The fourth-order valence-electron chi connectivity index (χ4n) is 2.87. The van der Waals surface area contributed by atoms with E-state index in [0.29, 0.717) is 5.75 Å². The summed E-state index contributed by atoms with van der Waals surface area (Å²) in [4.78, 5) is 0. The minimum atomic E-state index is 0.108. The second-order valence-electron chi connectivity index (χ2n) is 5.85. The van der Waals surface area contributed by atoms with E-state index in [0.717, 1.165) is 17.7 Å². The largest absolute Gasteiger partial charge is 0.508 e. The lowest BCUT2D eigenvalue weighted by Gasteiger charge is -2.24. The molecule has 0 saturated carbocycles. The van der Waals surface area contributed by atoms with E-state index in [1.165, 1.54) is 5.56 Å². The quantitative estimate of drug-likeness (QED) is 0.725. The maximum absolute atomic E-state index is 10.1. The van der Waals surface area contributed by atoms with E-state index >= 15 is 0 Å². The minimum Gasteiger partial charge on any atom is -0.508 e. The third-order valence-corrected chi connectivity index (χ3v) is 4.25. The van der Waals surface area contributed by atoms with Crippen molar-refractivity contribution >= 4 is 0 Å². The van der Waals surface area contributed by atoms with Gasteiger partial charge >= 0.3 is 0 Å². The number of benzene rings is 2. The normalized spacial score (nSPS) is 13.6. The second kappa shape index (κ2) is 7.27. The highest BCUT2D eigenvalue weighted by Gasteiger charge is 2.16. The first-order chi connectivity index (χ1) is 11.7. The second-order valence-corrected chi connectivity index (χ2v) is 5.85. The Hall–Kier alpha value is -2.66. The third kappa shape index (κ3) is 3.46. The van der Waals surface area contributed by atoms with E-state index in [1.54, 1.807) is 16.9 Å². The number of phenols is 1. The molecule has 0 amide bonds. The van der Waals surface area contributed by atoms with Crippen LogP contribution in [0.5, 0.6) is 5.75 Å². The van der Waals surface area contributed by atoms with Crippen LogP contribution in [-0.4, -0.2) is 20.1 Å². The summed E-state index contributed by atoms with van der Waals surface area (Å²) in [5.74, 6) is 0.339. The fraction of sp³-hybridized carbons (Fsp3) is 0.263. The van der Waals surface area contributed by atoms with Crippen LogP contribution in [0.15, 0.2) is 60.9 Å². The highest BCUT2D eigenvalue weighted by atomic mass is 16.3. The molecule has 24 heavy (non-hydrogen) atoms. The first-order valence-corrected chi connectivity index (χ1v) is 8.19. The monoisotopic (exact) mass is 322 g/mol. The van der Waals surface area contributed by atoms with Gasteiger partial charge in [-0.1, -0.05) is 42.5 Å². The van der Waals surface area contributed by atoms with Gasteiger partial charge in [-0.2, -0.15) is 0 Å². The molecule has 124 valence electrons. The van der Waals surface area contributed by atoms with Crippen LogP contribution in [0.3, 0.4) is 0 Å². The third-order valence-electron chi connectivity index (χ3n) is 4.25. The number of rotatable bonds is 6. The molecule has 0 bridgehead atoms. The van der Waals surface area contributed by atoms with Gasteiger partial charge in [0.2, 0.25) is 0 Å². The topological polar surface area (TPSA) is 63.0 Å². The Balaban J connectivity index is 1.74. The molecule has 1 aromatic heterocycles. The summed E-state index contributed by atoms with van der Waals surface area (Å²) < 4.78 is 1.73. The highest BCUT2D eigenvalue weighted by molar-refractivity contribution is 5.36. The smallest absolute Gasteiger partial charge is 0.120 e. The van der Waals surface area contributed by atoms with E-state index in [-0.39, 0.29) is 12.1 Å². The molecule has 2 atom stereocenters. The van der Waals surface area contributed by atoms with E-state index in [2.05, 4.69) is 41.6 Å². The van der Waals surface area contributed by atoms with Crippen LogP contribution in [0.2, 0.25) is 0 Å². The van der Waals surface area contributed by atoms with Gasteiger partial charge in [-0.25, -0.2) is 4.68 Å². The molecular formula is C19H22N4O. The molecule has 0 aliphatic rings. The van der Waals surface area contributed by atoms with E-state index < -0.39 is 0 Å². The maximum atomic E-state index is 10.1. The summed E-state index contributed by atoms with van der Waals surface area (Å²) in [7, 11) is 0. The lowest BCUT2D eigenvalue weighted by Crippen LogP contribution is -2.24. The van der Waals surface area contributed by atoms with Crippen LogP contribution in [0.1, 0.15) is 43.5 Å². The molecule has 0 aliphatic carbocycles. The molecule has 2 N–H and O–H groups in total. The van der Waals surface area contributed by atoms with Crippen LogP contribution in [0.4, 0.5) is 0 Å². The van der Waals surface area contributed by atoms with Gasteiger partial charge in [-0.3, -0.25) is 0 Å². The van der Waals surface area contributed by atoms with Crippen LogP contribution >= 0.6 is 0 Å². The van der Waals surface area contributed by atoms with Gasteiger partial charge in [0, 0.05) is 17.6 Å². The molecule has 3 aromatic rings. The lowest BCUT2D eigenvalue weighted by atomic mass is 10.0. The zero-order valence-corrected chi connectivity index (χ0v) is 13.9. The molecule has 0 saturated heterocycles. The van der Waals surface area contributed by atoms with E-state index in [4.69, 9.17) is 0 Å². The molecule has 0 spiro atoms. The molecule has 0 aliphatic heterocycles. The number of hydrogen-bond acceptors (Lipinski definition) is 4. The molecule has 0 radical (unpaired) electrons. The van der Waals surface area contributed by atoms with Gasteiger partial charge in [0.05, 0.1) is 18.1 Å². The van der Waals surface area contributed by atoms with Crippen LogP contribution < -0.4 is 5.32 Å². The molecule has 5 nitrogen and oxygen atoms in total. The number of phenolic OH excluding ortho intramolecular Hbond substituents is 1. The zero-order valence-electron chi connectivity index (χ0n) is 13.9. The number of aromatic nitrogens is 3. The molecule has 3 rings (SSSR count). The van der Waals surface area contributed by atoms with E-state index in [9.17, 15) is 5.11 Å². The van der Waals surface area contributed by atoms with Gasteiger partial charge in [-0.05, 0) is 37.1 Å². The fourth-order valence-corrected chi connectivity index (χ4v) is 2.87. The van der Waals surface area contributed by atoms with Crippen molar-refractivity contribution in [2.45, 2.75) is 32.4 Å². The first-order valence-electron chi connectivity index (χ1n) is 8.19. The highest BCUT2D eigenvalue weighted by Crippen LogP contribution is 2.28. The SMILES string of the molecule is CC[C@H](N[C@H](C)c1ccc(-n2ccnn2)cc1)c1ccccc1O. The van der Waals surface area contributed by atoms with Crippen molar-refractivity contribution in [3.05, 3.63) is 72.1 Å². The molecule has 2 aromatic carbocycles. The Morgan fingerprint density at radius 3 is 2.50 bits per heavy atom. The Kier molecular flexibility index (Phi) is 4.91. The summed E-state index contributed by atoms with van der Waals surface area (Å²) >= 11 is 0. The Morgan fingerprint density at radius 2 is 1.88 bits per heavy atom. The summed E-state index contributed by atoms with van der Waals surface area (Å²) in [6, 6.07) is 16.0. The summed E-state index contributed by atoms with van der Waals surface area (Å²) in [6.45, 7) is 4.25. The van der Waals surface area contributed by atoms with Gasteiger partial charge in [0.1, 0.15) is 5.75 Å². The van der Waals surface area contributed by atoms with Crippen molar-refractivity contribution in [3.63, 3.8) is 0 Å². The Labute approximate surface area is 142 Å². The number of para-hydroxylation sites is 1. The van der Waals surface area contributed by atoms with Crippen molar-refractivity contribution in [1.82, 2.24) is 20.3 Å². The molecule has 1 heterocycles. The van der Waals surface area contributed by atoms with Crippen molar-refractivity contribution in [3.8, 4) is 11.4 Å². The van der Waals surface area contributed by atoms with E-state index in [1.807, 2.05) is 36.5 Å². The maximum Gasteiger partial charge on any atom is 0.120 e. The summed E-state index contributed by atoms with van der Waals surface area (Å²) in [6.07, 6.45) is 4.39. The van der Waals surface area contributed by atoms with Gasteiger partial charge < -0.3 is 10.4 Å². The van der Waals surface area contributed by atoms with Crippen LogP contribution in [0, 0.1) is 0 Å². The number of aromatic hydroxyl groups is 1. The lowest BCUT2D eigenvalue weighted by molar-refractivity contribution is 0.419. The van der Waals surface area contributed by atoms with Crippen molar-refractivity contribution in [2.24, 2.45) is 0 Å². The molecule has 0 fully saturated rings. The van der Waals surface area contributed by atoms with Crippen LogP contribution in [-0.2, 0) is 0 Å². The molecule has 5 heteroatoms. The number of nitrogens with zero attached hydrogens (tertiary/aromatic N) is 3. The number of hydrogen-bond donors (Lipinski definition) is 2. The average molecular weight is 322 g/mol. The predicted molar refractivity (Wildman–Crippen MR) is 94.0 cm³/mol. The van der Waals surface area contributed by atoms with Crippen molar-refractivity contribution < 1.29 is 5.11 Å². The molecule has 0 unspecified atom stereocenters. The predicted octanol–water partition coefficient (Wildman–Crippen LogP) is 3.77. The average Bonchev–Trinajstić information content (AvgIpc) is 3.15. The zero-order chi connectivity index (χ0) is 16.9. The van der Waals surface area contributed by atoms with Crippen molar-refractivity contribution in [2.75, 3.05) is 0 Å². The minimum absolute atomic E-state index is 0.108. The van der Waals surface area contributed by atoms with Gasteiger partial charge in [0.25, 0.3) is 0 Å². The standard InChI is InChI=1S/C19H22N4O/c1-3-18(17-6-4-5-7-19(17)24)21-14(2)15-8-10-16(11-9-15)23-13-12-20-22-23/h4-14,18,21,24H,3H2,1-2H3/t14-,18+/m1/s1. The number of nitrogens with one attached hydrogen (secondary N) is 1. The Bertz CT molecular complexity index is 768. The van der Waals surface area contributed by atoms with Crippen molar-refractivity contribution in [1.29, 1.82) is 0 Å². The summed E-state index contributed by atoms with van der Waals surface area (Å²) in [5.41, 5.74) is 3.11.